The molecular weight excluding hydrogens is 336 g/mol. The molecule has 0 atom stereocenters. The summed E-state index contributed by atoms with van der Waals surface area (Å²) in [6.45, 7) is 0.522. The molecule has 0 aliphatic carbocycles. The van der Waals surface area contributed by atoms with Crippen molar-refractivity contribution in [2.45, 2.75) is 6.61 Å². The van der Waals surface area contributed by atoms with Crippen LogP contribution < -0.4 is 4.74 Å². The molecule has 0 amide bonds. The summed E-state index contributed by atoms with van der Waals surface area (Å²) in [5.41, 5.74) is 1.09. The van der Waals surface area contributed by atoms with Gasteiger partial charge in [0, 0.05) is 5.02 Å². The number of fused-ring (bicyclic) bond motifs is 1. The molecule has 0 N–H and O–H groups in total. The minimum atomic E-state index is 0.522. The first kappa shape index (κ1) is 13.5. The van der Waals surface area contributed by atoms with Crippen molar-refractivity contribution in [2.75, 3.05) is 0 Å². The van der Waals surface area contributed by atoms with Crippen LogP contribution in [0.2, 0.25) is 5.02 Å². The van der Waals surface area contributed by atoms with Gasteiger partial charge >= 0.3 is 0 Å². The average molecular weight is 348 g/mol. The second kappa shape index (κ2) is 5.86. The van der Waals surface area contributed by atoms with E-state index in [9.17, 15) is 0 Å². The SMILES string of the molecule is Clc1ccc(COc2ccc3ccccc3c2Br)cc1. The summed E-state index contributed by atoms with van der Waals surface area (Å²) in [4.78, 5) is 0. The Morgan fingerprint density at radius 2 is 1.65 bits per heavy atom. The minimum absolute atomic E-state index is 0.522. The van der Waals surface area contributed by atoms with Gasteiger partial charge in [0.05, 0.1) is 4.47 Å². The quantitative estimate of drug-likeness (QED) is 0.579. The summed E-state index contributed by atoms with van der Waals surface area (Å²) in [5, 5.41) is 3.08. The third-order valence-electron chi connectivity index (χ3n) is 3.14. The second-order valence-corrected chi connectivity index (χ2v) is 5.74. The predicted octanol–water partition coefficient (Wildman–Crippen LogP) is 5.83. The van der Waals surface area contributed by atoms with E-state index >= 15 is 0 Å². The lowest BCUT2D eigenvalue weighted by molar-refractivity contribution is 0.305. The van der Waals surface area contributed by atoms with Crippen LogP contribution in [0.4, 0.5) is 0 Å². The van der Waals surface area contributed by atoms with Crippen LogP contribution >= 0.6 is 27.5 Å². The van der Waals surface area contributed by atoms with Gasteiger partial charge in [0.2, 0.25) is 0 Å². The van der Waals surface area contributed by atoms with E-state index in [1.807, 2.05) is 42.5 Å². The van der Waals surface area contributed by atoms with Crippen molar-refractivity contribution < 1.29 is 4.74 Å². The van der Waals surface area contributed by atoms with Crippen LogP contribution in [0.15, 0.2) is 65.1 Å². The van der Waals surface area contributed by atoms with Crippen molar-refractivity contribution in [3.8, 4) is 5.75 Å². The highest BCUT2D eigenvalue weighted by atomic mass is 79.9. The maximum Gasteiger partial charge on any atom is 0.134 e. The van der Waals surface area contributed by atoms with E-state index in [4.69, 9.17) is 16.3 Å². The monoisotopic (exact) mass is 346 g/mol. The van der Waals surface area contributed by atoms with Crippen LogP contribution in [0.1, 0.15) is 5.56 Å². The fourth-order valence-electron chi connectivity index (χ4n) is 2.07. The Bertz CT molecular complexity index is 738. The van der Waals surface area contributed by atoms with Crippen LogP contribution in [0.25, 0.3) is 10.8 Å². The standard InChI is InChI=1S/C17H12BrClO/c18-17-15-4-2-1-3-13(15)7-10-16(17)20-11-12-5-8-14(19)9-6-12/h1-10H,11H2. The van der Waals surface area contributed by atoms with E-state index in [0.717, 1.165) is 26.2 Å². The molecule has 3 rings (SSSR count). The molecule has 0 saturated heterocycles. The summed E-state index contributed by atoms with van der Waals surface area (Å²) in [5.74, 6) is 0.846. The topological polar surface area (TPSA) is 9.23 Å². The van der Waals surface area contributed by atoms with Gasteiger partial charge in [-0.3, -0.25) is 0 Å². The lowest BCUT2D eigenvalue weighted by Gasteiger charge is -2.10. The predicted molar refractivity (Wildman–Crippen MR) is 87.4 cm³/mol. The Hall–Kier alpha value is -1.51. The van der Waals surface area contributed by atoms with Crippen LogP contribution in [-0.2, 0) is 6.61 Å². The maximum atomic E-state index is 5.88. The van der Waals surface area contributed by atoms with Gasteiger partial charge in [-0.1, -0.05) is 54.1 Å². The zero-order valence-electron chi connectivity index (χ0n) is 10.6. The third-order valence-corrected chi connectivity index (χ3v) is 4.21. The number of halogens is 2. The van der Waals surface area contributed by atoms with Crippen LogP contribution in [0, 0.1) is 0 Å². The smallest absolute Gasteiger partial charge is 0.134 e. The first-order valence-corrected chi connectivity index (χ1v) is 7.45. The van der Waals surface area contributed by atoms with Crippen LogP contribution in [0.5, 0.6) is 5.75 Å². The van der Waals surface area contributed by atoms with Gasteiger partial charge in [-0.05, 0) is 50.5 Å². The van der Waals surface area contributed by atoms with Gasteiger partial charge in [-0.25, -0.2) is 0 Å². The number of benzene rings is 3. The highest BCUT2D eigenvalue weighted by Gasteiger charge is 2.06. The molecule has 0 heterocycles. The molecule has 100 valence electrons. The average Bonchev–Trinajstić information content (AvgIpc) is 2.49. The van der Waals surface area contributed by atoms with Gasteiger partial charge in [0.1, 0.15) is 12.4 Å². The Kier molecular flexibility index (Phi) is 3.95. The Morgan fingerprint density at radius 1 is 0.900 bits per heavy atom. The Balaban J connectivity index is 1.84. The summed E-state index contributed by atoms with van der Waals surface area (Å²) >= 11 is 9.49. The van der Waals surface area contributed by atoms with Gasteiger partial charge in [-0.2, -0.15) is 0 Å². The molecular formula is C17H12BrClO. The number of hydrogen-bond donors (Lipinski definition) is 0. The number of hydrogen-bond acceptors (Lipinski definition) is 1. The molecule has 0 aliphatic heterocycles. The molecule has 0 radical (unpaired) electrons. The summed E-state index contributed by atoms with van der Waals surface area (Å²) < 4.78 is 6.87. The number of ether oxygens (including phenoxy) is 1. The minimum Gasteiger partial charge on any atom is -0.488 e. The lowest BCUT2D eigenvalue weighted by Crippen LogP contribution is -1.96. The van der Waals surface area contributed by atoms with Gasteiger partial charge in [0.15, 0.2) is 0 Å². The van der Waals surface area contributed by atoms with Gasteiger partial charge in [0.25, 0.3) is 0 Å². The highest BCUT2D eigenvalue weighted by Crippen LogP contribution is 2.33. The molecule has 3 heteroatoms. The lowest BCUT2D eigenvalue weighted by atomic mass is 10.1. The van der Waals surface area contributed by atoms with E-state index in [-0.39, 0.29) is 0 Å². The number of rotatable bonds is 3. The Labute approximate surface area is 131 Å². The van der Waals surface area contributed by atoms with E-state index in [0.29, 0.717) is 6.61 Å². The molecule has 3 aromatic carbocycles. The fourth-order valence-corrected chi connectivity index (χ4v) is 2.80. The second-order valence-electron chi connectivity index (χ2n) is 4.51. The molecule has 0 bridgehead atoms. The van der Waals surface area contributed by atoms with Crippen LogP contribution in [-0.4, -0.2) is 0 Å². The molecule has 0 aromatic heterocycles. The Morgan fingerprint density at radius 3 is 2.45 bits per heavy atom. The summed E-state index contributed by atoms with van der Waals surface area (Å²) in [6, 6.07) is 20.0. The zero-order chi connectivity index (χ0) is 13.9. The third kappa shape index (κ3) is 2.82. The van der Waals surface area contributed by atoms with Crippen molar-refractivity contribution in [1.82, 2.24) is 0 Å². The molecule has 0 aliphatic rings. The van der Waals surface area contributed by atoms with E-state index < -0.39 is 0 Å². The van der Waals surface area contributed by atoms with E-state index in [1.54, 1.807) is 0 Å². The largest absolute Gasteiger partial charge is 0.488 e. The van der Waals surface area contributed by atoms with E-state index in [1.165, 1.54) is 5.39 Å². The molecule has 0 saturated carbocycles. The van der Waals surface area contributed by atoms with Crippen molar-refractivity contribution in [3.05, 3.63) is 75.7 Å². The van der Waals surface area contributed by atoms with Crippen LogP contribution in [0.3, 0.4) is 0 Å². The van der Waals surface area contributed by atoms with E-state index in [2.05, 4.69) is 34.1 Å². The molecule has 0 spiro atoms. The van der Waals surface area contributed by atoms with Gasteiger partial charge < -0.3 is 4.74 Å². The molecule has 3 aromatic rings. The molecule has 1 nitrogen and oxygen atoms in total. The van der Waals surface area contributed by atoms with Crippen molar-refractivity contribution in [3.63, 3.8) is 0 Å². The normalized spacial score (nSPS) is 10.7. The first-order chi connectivity index (χ1) is 9.74. The van der Waals surface area contributed by atoms with Crippen molar-refractivity contribution in [2.24, 2.45) is 0 Å². The summed E-state index contributed by atoms with van der Waals surface area (Å²) in [6.07, 6.45) is 0. The molecule has 20 heavy (non-hydrogen) atoms. The molecule has 0 fully saturated rings. The van der Waals surface area contributed by atoms with Crippen molar-refractivity contribution >= 4 is 38.3 Å². The van der Waals surface area contributed by atoms with Gasteiger partial charge in [-0.15, -0.1) is 0 Å². The maximum absolute atomic E-state index is 5.88. The van der Waals surface area contributed by atoms with Crippen molar-refractivity contribution in [1.29, 1.82) is 0 Å². The fraction of sp³-hybridized carbons (Fsp3) is 0.0588. The zero-order valence-corrected chi connectivity index (χ0v) is 13.0. The molecule has 0 unspecified atom stereocenters. The summed E-state index contributed by atoms with van der Waals surface area (Å²) in [7, 11) is 0. The highest BCUT2D eigenvalue weighted by molar-refractivity contribution is 9.10. The first-order valence-electron chi connectivity index (χ1n) is 6.28.